The number of aryl methyl sites for hydroxylation is 2. The molecule has 3 aromatic rings. The van der Waals surface area contributed by atoms with E-state index in [1.807, 2.05) is 26.0 Å². The maximum atomic E-state index is 12.2. The molecule has 0 atom stereocenters. The number of hydrogen-bond donors (Lipinski definition) is 3. The first-order valence-corrected chi connectivity index (χ1v) is 6.98. The molecule has 6 heteroatoms. The number of thiazole rings is 1. The maximum Gasteiger partial charge on any atom is 0.273 e. The summed E-state index contributed by atoms with van der Waals surface area (Å²) in [6.45, 7) is 3.90. The Hall–Kier alpha value is -2.34. The fourth-order valence-electron chi connectivity index (χ4n) is 1.96. The van der Waals surface area contributed by atoms with Crippen molar-refractivity contribution in [2.75, 3.05) is 11.1 Å². The molecule has 0 aliphatic heterocycles. The molecule has 0 saturated heterocycles. The number of nitrogen functional groups attached to an aromatic ring is 1. The predicted molar refractivity (Wildman–Crippen MR) is 82.3 cm³/mol. The van der Waals surface area contributed by atoms with E-state index in [9.17, 15) is 4.79 Å². The molecule has 0 bridgehead atoms. The quantitative estimate of drug-likeness (QED) is 0.633. The number of nitrogens with zero attached hydrogens (tertiary/aromatic N) is 1. The van der Waals surface area contributed by atoms with E-state index in [0.717, 1.165) is 21.5 Å². The standard InChI is InChI=1S/C14H14N4OS/c1-7-8(2)20-14(16-7)18-13(19)12-6-9-5-10(15)3-4-11(9)17-12/h3-6,17H,15H2,1-2H3,(H,16,18,19). The van der Waals surface area contributed by atoms with Crippen molar-refractivity contribution in [3.8, 4) is 0 Å². The van der Waals surface area contributed by atoms with E-state index in [-0.39, 0.29) is 5.91 Å². The molecule has 0 aliphatic rings. The van der Waals surface area contributed by atoms with Crippen LogP contribution in [-0.4, -0.2) is 15.9 Å². The van der Waals surface area contributed by atoms with Crippen molar-refractivity contribution < 1.29 is 4.79 Å². The van der Waals surface area contributed by atoms with Crippen LogP contribution in [0.3, 0.4) is 0 Å². The Labute approximate surface area is 119 Å². The number of carbonyl (C=O) groups is 1. The smallest absolute Gasteiger partial charge is 0.273 e. The van der Waals surface area contributed by atoms with Crippen molar-refractivity contribution >= 4 is 39.0 Å². The first-order chi connectivity index (χ1) is 9.52. The first kappa shape index (κ1) is 12.7. The second-order valence-corrected chi connectivity index (χ2v) is 5.85. The summed E-state index contributed by atoms with van der Waals surface area (Å²) in [6.07, 6.45) is 0. The topological polar surface area (TPSA) is 83.8 Å². The lowest BCUT2D eigenvalue weighted by molar-refractivity contribution is 0.102. The van der Waals surface area contributed by atoms with E-state index in [1.165, 1.54) is 11.3 Å². The van der Waals surface area contributed by atoms with Crippen LogP contribution in [0, 0.1) is 13.8 Å². The van der Waals surface area contributed by atoms with E-state index in [0.29, 0.717) is 16.5 Å². The van der Waals surface area contributed by atoms with Crippen molar-refractivity contribution in [1.29, 1.82) is 0 Å². The van der Waals surface area contributed by atoms with Crippen molar-refractivity contribution in [1.82, 2.24) is 9.97 Å². The summed E-state index contributed by atoms with van der Waals surface area (Å²) in [5, 5.41) is 4.33. The molecule has 0 saturated carbocycles. The first-order valence-electron chi connectivity index (χ1n) is 6.16. The summed E-state index contributed by atoms with van der Waals surface area (Å²) in [5.74, 6) is -0.200. The third-order valence-electron chi connectivity index (χ3n) is 3.14. The average Bonchev–Trinajstić information content (AvgIpc) is 2.93. The maximum absolute atomic E-state index is 12.2. The van der Waals surface area contributed by atoms with Gasteiger partial charge in [-0.05, 0) is 38.1 Å². The number of nitrogens with two attached hydrogens (primary N) is 1. The second kappa shape index (κ2) is 4.64. The van der Waals surface area contributed by atoms with Gasteiger partial charge in [0.1, 0.15) is 5.69 Å². The van der Waals surface area contributed by atoms with Crippen LogP contribution in [-0.2, 0) is 0 Å². The van der Waals surface area contributed by atoms with Gasteiger partial charge in [0.25, 0.3) is 5.91 Å². The largest absolute Gasteiger partial charge is 0.399 e. The number of hydrogen-bond acceptors (Lipinski definition) is 4. The molecular weight excluding hydrogens is 272 g/mol. The van der Waals surface area contributed by atoms with Crippen molar-refractivity contribution in [3.05, 3.63) is 40.5 Å². The molecule has 4 N–H and O–H groups in total. The highest BCUT2D eigenvalue weighted by molar-refractivity contribution is 7.15. The molecule has 0 spiro atoms. The molecule has 20 heavy (non-hydrogen) atoms. The van der Waals surface area contributed by atoms with Gasteiger partial charge in [-0.25, -0.2) is 4.98 Å². The highest BCUT2D eigenvalue weighted by Gasteiger charge is 2.12. The Bertz CT molecular complexity index is 783. The summed E-state index contributed by atoms with van der Waals surface area (Å²) < 4.78 is 0. The van der Waals surface area contributed by atoms with Gasteiger partial charge in [0.15, 0.2) is 5.13 Å². The van der Waals surface area contributed by atoms with Crippen LogP contribution < -0.4 is 11.1 Å². The van der Waals surface area contributed by atoms with Gasteiger partial charge in [-0.3, -0.25) is 10.1 Å². The highest BCUT2D eigenvalue weighted by atomic mass is 32.1. The molecule has 5 nitrogen and oxygen atoms in total. The van der Waals surface area contributed by atoms with Crippen LogP contribution in [0.15, 0.2) is 24.3 Å². The molecule has 0 fully saturated rings. The summed E-state index contributed by atoms with van der Waals surface area (Å²) in [6, 6.07) is 7.28. The van der Waals surface area contributed by atoms with E-state index in [2.05, 4.69) is 15.3 Å². The van der Waals surface area contributed by atoms with E-state index < -0.39 is 0 Å². The van der Waals surface area contributed by atoms with Gasteiger partial charge >= 0.3 is 0 Å². The number of fused-ring (bicyclic) bond motifs is 1. The molecular formula is C14H14N4OS. The van der Waals surface area contributed by atoms with Crippen LogP contribution in [0.25, 0.3) is 10.9 Å². The molecule has 2 heterocycles. The molecule has 0 unspecified atom stereocenters. The zero-order valence-corrected chi connectivity index (χ0v) is 12.0. The predicted octanol–water partition coefficient (Wildman–Crippen LogP) is 3.08. The van der Waals surface area contributed by atoms with E-state index in [4.69, 9.17) is 5.73 Å². The van der Waals surface area contributed by atoms with Crippen molar-refractivity contribution in [2.45, 2.75) is 13.8 Å². The van der Waals surface area contributed by atoms with Gasteiger partial charge in [0, 0.05) is 21.5 Å². The van der Waals surface area contributed by atoms with Crippen molar-refractivity contribution in [3.63, 3.8) is 0 Å². The minimum Gasteiger partial charge on any atom is -0.399 e. The summed E-state index contributed by atoms with van der Waals surface area (Å²) in [4.78, 5) is 20.7. The van der Waals surface area contributed by atoms with Crippen LogP contribution >= 0.6 is 11.3 Å². The van der Waals surface area contributed by atoms with Gasteiger partial charge in [0.2, 0.25) is 0 Å². The number of benzene rings is 1. The zero-order chi connectivity index (χ0) is 14.3. The lowest BCUT2D eigenvalue weighted by Crippen LogP contribution is -2.11. The molecule has 1 amide bonds. The van der Waals surface area contributed by atoms with Crippen LogP contribution in [0.2, 0.25) is 0 Å². The molecule has 3 rings (SSSR count). The van der Waals surface area contributed by atoms with Gasteiger partial charge in [0.05, 0.1) is 5.69 Å². The van der Waals surface area contributed by atoms with Gasteiger partial charge < -0.3 is 10.7 Å². The minimum absolute atomic E-state index is 0.200. The number of rotatable bonds is 2. The van der Waals surface area contributed by atoms with E-state index >= 15 is 0 Å². The third-order valence-corrected chi connectivity index (χ3v) is 4.13. The Morgan fingerprint density at radius 1 is 1.35 bits per heavy atom. The van der Waals surface area contributed by atoms with Crippen LogP contribution in [0.1, 0.15) is 21.1 Å². The van der Waals surface area contributed by atoms with Crippen LogP contribution in [0.5, 0.6) is 0 Å². The van der Waals surface area contributed by atoms with Crippen LogP contribution in [0.4, 0.5) is 10.8 Å². The van der Waals surface area contributed by atoms with E-state index in [1.54, 1.807) is 12.1 Å². The number of aromatic amines is 1. The van der Waals surface area contributed by atoms with Gasteiger partial charge in [-0.15, -0.1) is 11.3 Å². The van der Waals surface area contributed by atoms with Gasteiger partial charge in [-0.1, -0.05) is 0 Å². The van der Waals surface area contributed by atoms with Gasteiger partial charge in [-0.2, -0.15) is 0 Å². The molecule has 1 aromatic carbocycles. The Morgan fingerprint density at radius 2 is 2.15 bits per heavy atom. The number of H-pyrrole nitrogens is 1. The summed E-state index contributed by atoms with van der Waals surface area (Å²) >= 11 is 1.47. The fraction of sp³-hybridized carbons (Fsp3) is 0.143. The highest BCUT2D eigenvalue weighted by Crippen LogP contribution is 2.23. The second-order valence-electron chi connectivity index (χ2n) is 4.64. The molecule has 102 valence electrons. The lowest BCUT2D eigenvalue weighted by Gasteiger charge is -1.97. The third kappa shape index (κ3) is 2.25. The number of aromatic nitrogens is 2. The number of nitrogens with one attached hydrogen (secondary N) is 2. The summed E-state index contributed by atoms with van der Waals surface area (Å²) in [7, 11) is 0. The van der Waals surface area contributed by atoms with Crippen molar-refractivity contribution in [2.24, 2.45) is 0 Å². The monoisotopic (exact) mass is 286 g/mol. The Morgan fingerprint density at radius 3 is 2.85 bits per heavy atom. The Balaban J connectivity index is 1.88. The minimum atomic E-state index is -0.200. The average molecular weight is 286 g/mol. The normalized spacial score (nSPS) is 10.9. The zero-order valence-electron chi connectivity index (χ0n) is 11.2. The number of carbonyl (C=O) groups excluding carboxylic acids is 1. The lowest BCUT2D eigenvalue weighted by atomic mass is 10.2. The summed E-state index contributed by atoms with van der Waals surface area (Å²) in [5.41, 5.74) is 8.73. The molecule has 0 aliphatic carbocycles. The Kier molecular flexibility index (Phi) is 2.94. The molecule has 0 radical (unpaired) electrons. The molecule has 2 aromatic heterocycles. The number of anilines is 2. The fourth-order valence-corrected chi connectivity index (χ4v) is 2.77. The SMILES string of the molecule is Cc1nc(NC(=O)c2cc3cc(N)ccc3[nH]2)sc1C. The number of amides is 1.